The molecule has 0 saturated heterocycles. The van der Waals surface area contributed by atoms with E-state index in [-0.39, 0.29) is 6.10 Å². The van der Waals surface area contributed by atoms with Crippen LogP contribution in [0.3, 0.4) is 0 Å². The van der Waals surface area contributed by atoms with Crippen LogP contribution < -0.4 is 0 Å². The van der Waals surface area contributed by atoms with Crippen LogP contribution in [-0.2, 0) is 9.78 Å². The topological polar surface area (TPSA) is 18.5 Å². The van der Waals surface area contributed by atoms with Crippen molar-refractivity contribution in [1.82, 2.24) is 0 Å². The number of hydrogen-bond donors (Lipinski definition) is 0. The third kappa shape index (κ3) is 2.21. The van der Waals surface area contributed by atoms with Crippen molar-refractivity contribution >= 4 is 5.57 Å². The molecule has 1 aliphatic rings. The first-order chi connectivity index (χ1) is 8.95. The average molecular weight is 238 g/mol. The number of rotatable bonds is 2. The first-order valence-corrected chi connectivity index (χ1v) is 6.04. The fourth-order valence-electron chi connectivity index (χ4n) is 2.15. The predicted molar refractivity (Wildman–Crippen MR) is 70.6 cm³/mol. The van der Waals surface area contributed by atoms with E-state index in [9.17, 15) is 0 Å². The van der Waals surface area contributed by atoms with Crippen molar-refractivity contribution in [2.45, 2.75) is 6.10 Å². The molecule has 0 amide bonds. The Kier molecular flexibility index (Phi) is 3.22. The monoisotopic (exact) mass is 238 g/mol. The Morgan fingerprint density at radius 3 is 2.22 bits per heavy atom. The molecule has 18 heavy (non-hydrogen) atoms. The van der Waals surface area contributed by atoms with Crippen LogP contribution in [-0.4, -0.2) is 6.61 Å². The Labute approximate surface area is 106 Å². The van der Waals surface area contributed by atoms with Crippen molar-refractivity contribution in [3.8, 4) is 0 Å². The zero-order valence-electron chi connectivity index (χ0n) is 9.95. The summed E-state index contributed by atoms with van der Waals surface area (Å²) in [5.41, 5.74) is 3.44. The second-order valence-electron chi connectivity index (χ2n) is 4.20. The number of hydrogen-bond acceptors (Lipinski definition) is 2. The van der Waals surface area contributed by atoms with Crippen molar-refractivity contribution < 1.29 is 9.78 Å². The summed E-state index contributed by atoms with van der Waals surface area (Å²) in [5.74, 6) is 0. The van der Waals surface area contributed by atoms with Crippen LogP contribution in [0.15, 0.2) is 66.7 Å². The maximum Gasteiger partial charge on any atom is 0.143 e. The maximum atomic E-state index is 5.46. The van der Waals surface area contributed by atoms with Gasteiger partial charge >= 0.3 is 0 Å². The quantitative estimate of drug-likeness (QED) is 0.741. The van der Waals surface area contributed by atoms with Gasteiger partial charge in [0.2, 0.25) is 0 Å². The molecule has 2 heteroatoms. The molecule has 1 atom stereocenters. The SMILES string of the molecule is C1=C(c2ccccc2)[C@@H](c2ccccc2)OOC1. The highest BCUT2D eigenvalue weighted by molar-refractivity contribution is 5.70. The molecular formula is C16H14O2. The van der Waals surface area contributed by atoms with Gasteiger partial charge in [-0.3, -0.25) is 0 Å². The molecule has 0 bridgehead atoms. The van der Waals surface area contributed by atoms with Crippen molar-refractivity contribution in [3.05, 3.63) is 77.9 Å². The molecule has 0 spiro atoms. The van der Waals surface area contributed by atoms with E-state index in [1.165, 1.54) is 5.56 Å². The lowest BCUT2D eigenvalue weighted by atomic mass is 9.94. The van der Waals surface area contributed by atoms with Crippen LogP contribution in [0.1, 0.15) is 17.2 Å². The third-order valence-electron chi connectivity index (χ3n) is 3.03. The lowest BCUT2D eigenvalue weighted by Crippen LogP contribution is -2.13. The van der Waals surface area contributed by atoms with Crippen LogP contribution in [0.5, 0.6) is 0 Å². The smallest absolute Gasteiger partial charge is 0.143 e. The molecule has 0 aliphatic carbocycles. The van der Waals surface area contributed by atoms with E-state index in [0.717, 1.165) is 11.1 Å². The van der Waals surface area contributed by atoms with Gasteiger partial charge in [-0.25, -0.2) is 9.78 Å². The standard InChI is InChI=1S/C16H14O2/c1-3-7-13(8-4-1)15-11-12-17-18-16(15)14-9-5-2-6-10-14/h1-11,16H,12H2/t16-/m1/s1. The van der Waals surface area contributed by atoms with Gasteiger partial charge in [0.1, 0.15) is 12.7 Å². The van der Waals surface area contributed by atoms with Crippen molar-refractivity contribution in [3.63, 3.8) is 0 Å². The fourth-order valence-corrected chi connectivity index (χ4v) is 2.15. The molecule has 0 unspecified atom stereocenters. The average Bonchev–Trinajstić information content (AvgIpc) is 2.49. The Morgan fingerprint density at radius 2 is 1.50 bits per heavy atom. The Morgan fingerprint density at radius 1 is 0.833 bits per heavy atom. The van der Waals surface area contributed by atoms with E-state index in [0.29, 0.717) is 6.61 Å². The largest absolute Gasteiger partial charge is 0.232 e. The molecule has 0 N–H and O–H groups in total. The van der Waals surface area contributed by atoms with Crippen LogP contribution in [0.4, 0.5) is 0 Å². The third-order valence-corrected chi connectivity index (χ3v) is 3.03. The van der Waals surface area contributed by atoms with E-state index >= 15 is 0 Å². The van der Waals surface area contributed by atoms with Gasteiger partial charge in [0.15, 0.2) is 0 Å². The Hall–Kier alpha value is -1.90. The zero-order chi connectivity index (χ0) is 12.2. The first kappa shape index (κ1) is 11.2. The van der Waals surface area contributed by atoms with Gasteiger partial charge in [-0.05, 0) is 22.8 Å². The Balaban J connectivity index is 1.99. The summed E-state index contributed by atoms with van der Waals surface area (Å²) in [7, 11) is 0. The van der Waals surface area contributed by atoms with E-state index in [1.54, 1.807) is 0 Å². The summed E-state index contributed by atoms with van der Waals surface area (Å²) in [5, 5.41) is 0. The molecule has 0 fully saturated rings. The van der Waals surface area contributed by atoms with Gasteiger partial charge in [0.05, 0.1) is 0 Å². The highest BCUT2D eigenvalue weighted by atomic mass is 17.2. The predicted octanol–water partition coefficient (Wildman–Crippen LogP) is 3.77. The molecule has 2 aromatic rings. The van der Waals surface area contributed by atoms with E-state index in [2.05, 4.69) is 30.3 Å². The van der Waals surface area contributed by atoms with Gasteiger partial charge in [-0.2, -0.15) is 0 Å². The molecule has 0 radical (unpaired) electrons. The second-order valence-corrected chi connectivity index (χ2v) is 4.20. The van der Waals surface area contributed by atoms with E-state index in [4.69, 9.17) is 9.78 Å². The Bertz CT molecular complexity index is 532. The molecule has 2 nitrogen and oxygen atoms in total. The van der Waals surface area contributed by atoms with Gasteiger partial charge in [-0.15, -0.1) is 0 Å². The zero-order valence-corrected chi connectivity index (χ0v) is 9.95. The van der Waals surface area contributed by atoms with Crippen LogP contribution in [0.2, 0.25) is 0 Å². The summed E-state index contributed by atoms with van der Waals surface area (Å²) >= 11 is 0. The minimum absolute atomic E-state index is 0.151. The van der Waals surface area contributed by atoms with Crippen LogP contribution in [0, 0.1) is 0 Å². The highest BCUT2D eigenvalue weighted by Gasteiger charge is 2.22. The normalized spacial score (nSPS) is 19.3. The molecule has 2 aromatic carbocycles. The van der Waals surface area contributed by atoms with Crippen molar-refractivity contribution in [1.29, 1.82) is 0 Å². The molecule has 0 aromatic heterocycles. The molecule has 1 heterocycles. The molecule has 0 saturated carbocycles. The van der Waals surface area contributed by atoms with Gasteiger partial charge < -0.3 is 0 Å². The molecule has 90 valence electrons. The van der Waals surface area contributed by atoms with E-state index < -0.39 is 0 Å². The summed E-state index contributed by atoms with van der Waals surface area (Å²) in [6, 6.07) is 20.4. The van der Waals surface area contributed by atoms with Gasteiger partial charge in [-0.1, -0.05) is 60.7 Å². The lowest BCUT2D eigenvalue weighted by molar-refractivity contribution is -0.312. The second kappa shape index (κ2) is 5.17. The molecular weight excluding hydrogens is 224 g/mol. The first-order valence-electron chi connectivity index (χ1n) is 6.04. The summed E-state index contributed by atoms with van der Waals surface area (Å²) < 4.78 is 0. The highest BCUT2D eigenvalue weighted by Crippen LogP contribution is 2.35. The van der Waals surface area contributed by atoms with Gasteiger partial charge in [0.25, 0.3) is 0 Å². The minimum Gasteiger partial charge on any atom is -0.232 e. The van der Waals surface area contributed by atoms with Crippen molar-refractivity contribution in [2.24, 2.45) is 0 Å². The molecule has 3 rings (SSSR count). The fraction of sp³-hybridized carbons (Fsp3) is 0.125. The minimum atomic E-state index is -0.151. The van der Waals surface area contributed by atoms with Crippen LogP contribution in [0.25, 0.3) is 5.57 Å². The van der Waals surface area contributed by atoms with E-state index in [1.807, 2.05) is 36.4 Å². The number of benzene rings is 2. The van der Waals surface area contributed by atoms with Gasteiger partial charge in [0, 0.05) is 0 Å². The summed E-state index contributed by atoms with van der Waals surface area (Å²) in [4.78, 5) is 10.6. The maximum absolute atomic E-state index is 5.46. The summed E-state index contributed by atoms with van der Waals surface area (Å²) in [6.45, 7) is 0.494. The van der Waals surface area contributed by atoms with Crippen molar-refractivity contribution in [2.75, 3.05) is 6.61 Å². The molecule has 1 aliphatic heterocycles. The van der Waals surface area contributed by atoms with Crippen LogP contribution >= 0.6 is 0 Å². The lowest BCUT2D eigenvalue weighted by Gasteiger charge is -2.24. The summed E-state index contributed by atoms with van der Waals surface area (Å²) in [6.07, 6.45) is 1.93.